The Balaban J connectivity index is 1.39. The van der Waals surface area contributed by atoms with Gasteiger partial charge in [0.2, 0.25) is 0 Å². The van der Waals surface area contributed by atoms with E-state index in [1.807, 2.05) is 4.90 Å². The number of aromatic hydroxyl groups is 1. The first-order valence-corrected chi connectivity index (χ1v) is 9.01. The van der Waals surface area contributed by atoms with E-state index in [4.69, 9.17) is 0 Å². The van der Waals surface area contributed by atoms with Crippen molar-refractivity contribution in [2.75, 3.05) is 19.6 Å². The van der Waals surface area contributed by atoms with Crippen LogP contribution in [0.5, 0.6) is 5.75 Å². The molecule has 25 heavy (non-hydrogen) atoms. The van der Waals surface area contributed by atoms with Crippen LogP contribution >= 0.6 is 0 Å². The second-order valence-corrected chi connectivity index (χ2v) is 7.16. The minimum Gasteiger partial charge on any atom is -0.508 e. The monoisotopic (exact) mass is 340 g/mol. The summed E-state index contributed by atoms with van der Waals surface area (Å²) in [4.78, 5) is 17.1. The van der Waals surface area contributed by atoms with E-state index in [2.05, 4.69) is 22.0 Å². The predicted molar refractivity (Wildman–Crippen MR) is 95.4 cm³/mol. The lowest BCUT2D eigenvalue weighted by Crippen LogP contribution is -2.63. The number of aromatic amines is 1. The highest BCUT2D eigenvalue weighted by molar-refractivity contribution is 5.94. The molecule has 2 saturated heterocycles. The molecular formula is C19H24N4O2. The second-order valence-electron chi connectivity index (χ2n) is 7.16. The lowest BCUT2D eigenvalue weighted by atomic mass is 9.97. The number of nitrogens with one attached hydrogen (secondary N) is 1. The molecule has 1 unspecified atom stereocenters. The van der Waals surface area contributed by atoms with Gasteiger partial charge in [0, 0.05) is 30.7 Å². The highest BCUT2D eigenvalue weighted by Crippen LogP contribution is 2.26. The second kappa shape index (κ2) is 6.52. The van der Waals surface area contributed by atoms with Crippen LogP contribution in [-0.2, 0) is 0 Å². The molecule has 4 rings (SSSR count). The molecule has 0 spiro atoms. The number of aromatic nitrogens is 2. The molecule has 2 aliphatic rings. The highest BCUT2D eigenvalue weighted by atomic mass is 16.3. The highest BCUT2D eigenvalue weighted by Gasteiger charge is 2.38. The van der Waals surface area contributed by atoms with Crippen LogP contribution in [0.4, 0.5) is 0 Å². The Bertz CT molecular complexity index is 749. The molecule has 2 aliphatic heterocycles. The quantitative estimate of drug-likeness (QED) is 0.900. The summed E-state index contributed by atoms with van der Waals surface area (Å²) < 4.78 is 0. The van der Waals surface area contributed by atoms with E-state index in [1.165, 1.54) is 19.3 Å². The fraction of sp³-hybridized carbons (Fsp3) is 0.474. The third-order valence-electron chi connectivity index (χ3n) is 5.44. The summed E-state index contributed by atoms with van der Waals surface area (Å²) in [5.41, 5.74) is 2.11. The van der Waals surface area contributed by atoms with Gasteiger partial charge in [0.05, 0.1) is 5.69 Å². The van der Waals surface area contributed by atoms with Gasteiger partial charge in [-0.25, -0.2) is 0 Å². The SMILES string of the molecule is CC1CCCCN1C1CN(C(=O)c2cc(-c3ccc(O)cc3)n[nH]2)C1. The van der Waals surface area contributed by atoms with Gasteiger partial charge in [-0.05, 0) is 56.6 Å². The number of amides is 1. The smallest absolute Gasteiger partial charge is 0.271 e. The number of H-pyrrole nitrogens is 1. The number of hydrogen-bond donors (Lipinski definition) is 2. The first kappa shape index (κ1) is 16.1. The number of rotatable bonds is 3. The molecule has 6 nitrogen and oxygen atoms in total. The summed E-state index contributed by atoms with van der Waals surface area (Å²) in [6.45, 7) is 5.05. The van der Waals surface area contributed by atoms with Gasteiger partial charge in [0.25, 0.3) is 5.91 Å². The number of hydrogen-bond acceptors (Lipinski definition) is 4. The average Bonchev–Trinajstić information content (AvgIpc) is 3.06. The van der Waals surface area contributed by atoms with Crippen LogP contribution in [0.25, 0.3) is 11.3 Å². The molecule has 6 heteroatoms. The van der Waals surface area contributed by atoms with Crippen LogP contribution < -0.4 is 0 Å². The molecule has 1 aromatic heterocycles. The molecule has 0 aliphatic carbocycles. The number of nitrogens with zero attached hydrogens (tertiary/aromatic N) is 3. The summed E-state index contributed by atoms with van der Waals surface area (Å²) >= 11 is 0. The molecule has 3 heterocycles. The molecule has 1 amide bonds. The van der Waals surface area contributed by atoms with Crippen molar-refractivity contribution in [1.82, 2.24) is 20.0 Å². The van der Waals surface area contributed by atoms with Gasteiger partial charge in [0.15, 0.2) is 0 Å². The molecule has 1 aromatic carbocycles. The van der Waals surface area contributed by atoms with Crippen molar-refractivity contribution in [3.63, 3.8) is 0 Å². The Morgan fingerprint density at radius 1 is 1.24 bits per heavy atom. The summed E-state index contributed by atoms with van der Waals surface area (Å²) in [5.74, 6) is 0.229. The zero-order chi connectivity index (χ0) is 17.4. The van der Waals surface area contributed by atoms with Crippen molar-refractivity contribution < 1.29 is 9.90 Å². The molecule has 132 valence electrons. The van der Waals surface area contributed by atoms with Crippen molar-refractivity contribution in [3.05, 3.63) is 36.0 Å². The molecular weight excluding hydrogens is 316 g/mol. The van der Waals surface area contributed by atoms with Crippen molar-refractivity contribution in [2.45, 2.75) is 38.3 Å². The fourth-order valence-electron chi connectivity index (χ4n) is 3.88. The maximum absolute atomic E-state index is 12.6. The summed E-state index contributed by atoms with van der Waals surface area (Å²) in [7, 11) is 0. The van der Waals surface area contributed by atoms with E-state index < -0.39 is 0 Å². The van der Waals surface area contributed by atoms with Gasteiger partial charge in [-0.1, -0.05) is 6.42 Å². The van der Waals surface area contributed by atoms with Crippen molar-refractivity contribution in [3.8, 4) is 17.0 Å². The summed E-state index contributed by atoms with van der Waals surface area (Å²) in [6, 6.07) is 9.72. The Hall–Kier alpha value is -2.34. The Kier molecular flexibility index (Phi) is 4.21. The maximum atomic E-state index is 12.6. The van der Waals surface area contributed by atoms with Gasteiger partial charge >= 0.3 is 0 Å². The first-order chi connectivity index (χ1) is 12.1. The predicted octanol–water partition coefficient (Wildman–Crippen LogP) is 2.48. The van der Waals surface area contributed by atoms with Crippen molar-refractivity contribution in [1.29, 1.82) is 0 Å². The van der Waals surface area contributed by atoms with E-state index in [1.54, 1.807) is 30.3 Å². The Labute approximate surface area is 147 Å². The Morgan fingerprint density at radius 3 is 2.72 bits per heavy atom. The zero-order valence-corrected chi connectivity index (χ0v) is 14.5. The van der Waals surface area contributed by atoms with Crippen LogP contribution in [-0.4, -0.2) is 62.7 Å². The third-order valence-corrected chi connectivity index (χ3v) is 5.44. The van der Waals surface area contributed by atoms with Crippen molar-refractivity contribution >= 4 is 5.91 Å². The van der Waals surface area contributed by atoms with Crippen LogP contribution in [0.2, 0.25) is 0 Å². The number of piperidine rings is 1. The van der Waals surface area contributed by atoms with Crippen molar-refractivity contribution in [2.24, 2.45) is 0 Å². The normalized spacial score (nSPS) is 22.0. The molecule has 2 fully saturated rings. The lowest BCUT2D eigenvalue weighted by Gasteiger charge is -2.49. The van der Waals surface area contributed by atoms with Gasteiger partial charge < -0.3 is 10.0 Å². The summed E-state index contributed by atoms with van der Waals surface area (Å²) in [6.07, 6.45) is 3.85. The topological polar surface area (TPSA) is 72.5 Å². The van der Waals surface area contributed by atoms with Gasteiger partial charge in [-0.15, -0.1) is 0 Å². The van der Waals surface area contributed by atoms with Crippen LogP contribution in [0.3, 0.4) is 0 Å². The number of carbonyl (C=O) groups is 1. The van der Waals surface area contributed by atoms with E-state index in [-0.39, 0.29) is 11.7 Å². The third kappa shape index (κ3) is 3.14. The van der Waals surface area contributed by atoms with E-state index in [9.17, 15) is 9.90 Å². The van der Waals surface area contributed by atoms with E-state index in [0.717, 1.165) is 25.2 Å². The lowest BCUT2D eigenvalue weighted by molar-refractivity contribution is 0.00181. The minimum atomic E-state index is 0.0124. The van der Waals surface area contributed by atoms with E-state index in [0.29, 0.717) is 23.5 Å². The molecule has 0 radical (unpaired) electrons. The van der Waals surface area contributed by atoms with Crippen LogP contribution in [0.1, 0.15) is 36.7 Å². The number of benzene rings is 1. The van der Waals surface area contributed by atoms with Crippen LogP contribution in [0, 0.1) is 0 Å². The maximum Gasteiger partial charge on any atom is 0.271 e. The molecule has 0 saturated carbocycles. The standard InChI is InChI=1S/C19H24N4O2/c1-13-4-2-3-9-23(13)15-11-22(12-15)19(25)18-10-17(20-21-18)14-5-7-16(24)8-6-14/h5-8,10,13,15,24H,2-4,9,11-12H2,1H3,(H,20,21). The molecule has 1 atom stereocenters. The number of likely N-dealkylation sites (tertiary alicyclic amines) is 2. The van der Waals surface area contributed by atoms with Crippen LogP contribution in [0.15, 0.2) is 30.3 Å². The first-order valence-electron chi connectivity index (χ1n) is 9.01. The number of carbonyl (C=O) groups excluding carboxylic acids is 1. The molecule has 0 bridgehead atoms. The molecule has 2 N–H and O–H groups in total. The largest absolute Gasteiger partial charge is 0.508 e. The minimum absolute atomic E-state index is 0.0124. The van der Waals surface area contributed by atoms with Gasteiger partial charge in [-0.2, -0.15) is 5.10 Å². The average molecular weight is 340 g/mol. The van der Waals surface area contributed by atoms with Gasteiger partial charge in [-0.3, -0.25) is 14.8 Å². The Morgan fingerprint density at radius 2 is 2.00 bits per heavy atom. The zero-order valence-electron chi connectivity index (χ0n) is 14.5. The van der Waals surface area contributed by atoms with E-state index >= 15 is 0 Å². The number of phenols is 1. The fourth-order valence-corrected chi connectivity index (χ4v) is 3.88. The van der Waals surface area contributed by atoms with Gasteiger partial charge in [0.1, 0.15) is 11.4 Å². The number of phenolic OH excluding ortho intramolecular Hbond substituents is 1. The summed E-state index contributed by atoms with van der Waals surface area (Å²) in [5, 5.41) is 16.5. The molecule has 2 aromatic rings.